The maximum Gasteiger partial charge on any atom is 0.261 e. The molecule has 0 atom stereocenters. The summed E-state index contributed by atoms with van der Waals surface area (Å²) in [5, 5.41) is 0. The smallest absolute Gasteiger partial charge is 0.261 e. The summed E-state index contributed by atoms with van der Waals surface area (Å²) in [5.74, 6) is 9.41. The molecule has 232 valence electrons. The molecule has 2 aromatic rings. The third-order valence-corrected chi connectivity index (χ3v) is 12.4. The number of hydrogen-bond donors (Lipinski definition) is 2. The highest BCUT2D eigenvalue weighted by Crippen LogP contribution is 2.32. The van der Waals surface area contributed by atoms with Gasteiger partial charge in [0.1, 0.15) is 11.5 Å². The van der Waals surface area contributed by atoms with Gasteiger partial charge in [-0.3, -0.25) is 29.0 Å². The molecule has 2 heterocycles. The quantitative estimate of drug-likeness (QED) is 0.0950. The van der Waals surface area contributed by atoms with Gasteiger partial charge >= 0.3 is 0 Å². The van der Waals surface area contributed by atoms with E-state index in [4.69, 9.17) is 4.74 Å². The standard InChI is InChI=1S/C30H36N2O5S6/c33-27-23-5-3-21(19-25(23)29(35)31(27)7-1-11-40-15-17-42-13-9-38)37-22-4-6-24-26(20-22)30(36)32(28(24)34)8-2-12-41-16-18-43-14-10-39/h3-6,19-20,38-39H,1-2,7-18H2. The number of amides is 4. The first kappa shape index (κ1) is 34.5. The number of nitrogens with zero attached hydrogens (tertiary/aromatic N) is 2. The molecule has 0 N–H and O–H groups in total. The molecule has 7 nitrogen and oxygen atoms in total. The molecule has 4 rings (SSSR count). The van der Waals surface area contributed by atoms with Crippen LogP contribution in [0.5, 0.6) is 11.5 Å². The summed E-state index contributed by atoms with van der Waals surface area (Å²) < 4.78 is 5.99. The highest BCUT2D eigenvalue weighted by molar-refractivity contribution is 8.03. The molecule has 0 saturated heterocycles. The monoisotopic (exact) mass is 696 g/mol. The summed E-state index contributed by atoms with van der Waals surface area (Å²) in [6, 6.07) is 9.66. The van der Waals surface area contributed by atoms with Gasteiger partial charge < -0.3 is 4.74 Å². The maximum absolute atomic E-state index is 13.0. The Morgan fingerprint density at radius 1 is 0.512 bits per heavy atom. The average Bonchev–Trinajstić information content (AvgIpc) is 3.39. The van der Waals surface area contributed by atoms with Crippen LogP contribution < -0.4 is 4.74 Å². The van der Waals surface area contributed by atoms with E-state index < -0.39 is 0 Å². The number of imide groups is 2. The van der Waals surface area contributed by atoms with Crippen molar-refractivity contribution >= 4 is 95.9 Å². The zero-order valence-corrected chi connectivity index (χ0v) is 28.9. The van der Waals surface area contributed by atoms with Crippen LogP contribution in [0.2, 0.25) is 0 Å². The van der Waals surface area contributed by atoms with E-state index in [0.717, 1.165) is 70.4 Å². The molecule has 0 aliphatic carbocycles. The Morgan fingerprint density at radius 3 is 1.28 bits per heavy atom. The minimum absolute atomic E-state index is 0.284. The molecule has 0 saturated carbocycles. The van der Waals surface area contributed by atoms with Crippen molar-refractivity contribution in [2.45, 2.75) is 12.8 Å². The van der Waals surface area contributed by atoms with Crippen molar-refractivity contribution < 1.29 is 23.9 Å². The summed E-state index contributed by atoms with van der Waals surface area (Å²) in [7, 11) is 0. The number of carbonyl (C=O) groups is 4. The van der Waals surface area contributed by atoms with Gasteiger partial charge in [0, 0.05) is 47.6 Å². The summed E-state index contributed by atoms with van der Waals surface area (Å²) >= 11 is 15.8. The lowest BCUT2D eigenvalue weighted by molar-refractivity contribution is 0.0639. The third-order valence-electron chi connectivity index (χ3n) is 6.68. The number of hydrogen-bond acceptors (Lipinski definition) is 11. The molecule has 0 radical (unpaired) electrons. The maximum atomic E-state index is 13.0. The van der Waals surface area contributed by atoms with Crippen LogP contribution >= 0.6 is 72.3 Å². The Kier molecular flexibility index (Phi) is 14.4. The number of benzene rings is 2. The minimum atomic E-state index is -0.320. The summed E-state index contributed by atoms with van der Waals surface area (Å²) in [4.78, 5) is 54.4. The van der Waals surface area contributed by atoms with Gasteiger partial charge in [0.25, 0.3) is 23.6 Å². The van der Waals surface area contributed by atoms with Crippen molar-refractivity contribution in [2.24, 2.45) is 0 Å². The van der Waals surface area contributed by atoms with Crippen LogP contribution in [0, 0.1) is 0 Å². The Morgan fingerprint density at radius 2 is 0.884 bits per heavy atom. The van der Waals surface area contributed by atoms with Crippen molar-refractivity contribution in [3.63, 3.8) is 0 Å². The number of fused-ring (bicyclic) bond motifs is 2. The molecule has 13 heteroatoms. The molecule has 0 aromatic heterocycles. The van der Waals surface area contributed by atoms with Crippen molar-refractivity contribution in [3.8, 4) is 11.5 Å². The lowest BCUT2D eigenvalue weighted by Gasteiger charge is -2.13. The topological polar surface area (TPSA) is 84.0 Å². The van der Waals surface area contributed by atoms with E-state index in [1.807, 2.05) is 47.0 Å². The Hall–Kier alpha value is -1.38. The van der Waals surface area contributed by atoms with Gasteiger partial charge in [-0.15, -0.1) is 0 Å². The second-order valence-corrected chi connectivity index (χ2v) is 15.4. The van der Waals surface area contributed by atoms with Crippen LogP contribution in [0.3, 0.4) is 0 Å². The van der Waals surface area contributed by atoms with Crippen LogP contribution in [-0.4, -0.2) is 104 Å². The molecule has 0 spiro atoms. The van der Waals surface area contributed by atoms with Crippen molar-refractivity contribution in [2.75, 3.05) is 70.6 Å². The lowest BCUT2D eigenvalue weighted by atomic mass is 10.1. The minimum Gasteiger partial charge on any atom is -0.457 e. The summed E-state index contributed by atoms with van der Waals surface area (Å²) in [5.41, 5.74) is 1.37. The van der Waals surface area contributed by atoms with Gasteiger partial charge in [-0.25, -0.2) is 0 Å². The molecule has 0 fully saturated rings. The molecule has 2 aromatic carbocycles. The Bertz CT molecular complexity index is 1210. The second kappa shape index (κ2) is 17.9. The SMILES string of the molecule is O=C1c2ccc(Oc3ccc4c(c3)C(=O)N(CCCSCCSCCS)C4=O)cc2C(=O)N1CCCSCCSCCS. The van der Waals surface area contributed by atoms with E-state index >= 15 is 0 Å². The second-order valence-electron chi connectivity index (χ2n) is 9.64. The number of thiol groups is 2. The fourth-order valence-electron chi connectivity index (χ4n) is 4.63. The van der Waals surface area contributed by atoms with Crippen molar-refractivity contribution in [3.05, 3.63) is 58.7 Å². The van der Waals surface area contributed by atoms with Crippen LogP contribution in [-0.2, 0) is 0 Å². The predicted molar refractivity (Wildman–Crippen MR) is 190 cm³/mol. The van der Waals surface area contributed by atoms with Crippen molar-refractivity contribution in [1.29, 1.82) is 0 Å². The zero-order chi connectivity index (χ0) is 30.6. The summed E-state index contributed by atoms with van der Waals surface area (Å²) in [6.07, 6.45) is 1.48. The van der Waals surface area contributed by atoms with E-state index in [-0.39, 0.29) is 23.6 Å². The van der Waals surface area contributed by atoms with Gasteiger partial charge in [-0.1, -0.05) is 0 Å². The van der Waals surface area contributed by atoms with Crippen LogP contribution in [0.25, 0.3) is 0 Å². The number of rotatable bonds is 20. The van der Waals surface area contributed by atoms with Crippen molar-refractivity contribution in [1.82, 2.24) is 9.80 Å². The van der Waals surface area contributed by atoms with Crippen LogP contribution in [0.15, 0.2) is 36.4 Å². The molecule has 0 unspecified atom stereocenters. The zero-order valence-electron chi connectivity index (χ0n) is 23.8. The number of ether oxygens (including phenoxy) is 1. The van der Waals surface area contributed by atoms with E-state index in [9.17, 15) is 19.2 Å². The third kappa shape index (κ3) is 9.32. The van der Waals surface area contributed by atoms with E-state index in [1.54, 1.807) is 36.4 Å². The van der Waals surface area contributed by atoms with Gasteiger partial charge in [-0.05, 0) is 72.3 Å². The first-order valence-corrected chi connectivity index (χ1v) is 20.1. The van der Waals surface area contributed by atoms with Crippen LogP contribution in [0.4, 0.5) is 0 Å². The largest absolute Gasteiger partial charge is 0.457 e. The number of carbonyl (C=O) groups excluding carboxylic acids is 4. The average molecular weight is 697 g/mol. The highest BCUT2D eigenvalue weighted by atomic mass is 32.2. The van der Waals surface area contributed by atoms with Gasteiger partial charge in [0.2, 0.25) is 0 Å². The highest BCUT2D eigenvalue weighted by Gasteiger charge is 2.37. The van der Waals surface area contributed by atoms with Crippen LogP contribution in [0.1, 0.15) is 54.3 Å². The van der Waals surface area contributed by atoms with E-state index in [1.165, 1.54) is 9.80 Å². The lowest BCUT2D eigenvalue weighted by Crippen LogP contribution is -2.31. The molecule has 2 aliphatic rings. The molecule has 43 heavy (non-hydrogen) atoms. The Labute approximate surface area is 281 Å². The molecule has 0 bridgehead atoms. The van der Waals surface area contributed by atoms with Gasteiger partial charge in [-0.2, -0.15) is 72.3 Å². The van der Waals surface area contributed by atoms with Gasteiger partial charge in [0.05, 0.1) is 22.3 Å². The Balaban J connectivity index is 1.28. The first-order chi connectivity index (χ1) is 21.0. The molecular weight excluding hydrogens is 661 g/mol. The molecule has 4 amide bonds. The fraction of sp³-hybridized carbons (Fsp3) is 0.467. The first-order valence-electron chi connectivity index (χ1n) is 14.2. The van der Waals surface area contributed by atoms with E-state index in [0.29, 0.717) is 46.8 Å². The molecular formula is C30H36N2O5S6. The van der Waals surface area contributed by atoms with Gasteiger partial charge in [0.15, 0.2) is 0 Å². The summed E-state index contributed by atoms with van der Waals surface area (Å²) in [6.45, 7) is 0.760. The predicted octanol–water partition coefficient (Wildman–Crippen LogP) is 6.24. The fourth-order valence-corrected chi connectivity index (χ4v) is 9.03. The molecule has 2 aliphatic heterocycles. The normalized spacial score (nSPS) is 14.2. The number of thioether (sulfide) groups is 4. The van der Waals surface area contributed by atoms with E-state index in [2.05, 4.69) is 25.3 Å².